The molecule has 2 N–H and O–H groups in total. The minimum Gasteiger partial charge on any atom is -0.369 e. The van der Waals surface area contributed by atoms with Gasteiger partial charge in [0.1, 0.15) is 11.6 Å². The van der Waals surface area contributed by atoms with E-state index in [2.05, 4.69) is 61.3 Å². The largest absolute Gasteiger partial charge is 0.369 e. The van der Waals surface area contributed by atoms with E-state index >= 15 is 0 Å². The summed E-state index contributed by atoms with van der Waals surface area (Å²) in [6.45, 7) is 12.2. The van der Waals surface area contributed by atoms with Crippen LogP contribution in [0.4, 0.5) is 26.0 Å². The highest BCUT2D eigenvalue weighted by Gasteiger charge is 2.31. The van der Waals surface area contributed by atoms with Gasteiger partial charge < -0.3 is 10.2 Å². The van der Waals surface area contributed by atoms with Crippen molar-refractivity contribution in [3.05, 3.63) is 90.1 Å². The van der Waals surface area contributed by atoms with E-state index in [9.17, 15) is 18.4 Å². The number of nitrogens with zero attached hydrogens (tertiary/aromatic N) is 8. The van der Waals surface area contributed by atoms with Crippen molar-refractivity contribution < 1.29 is 18.4 Å². The molecule has 12 nitrogen and oxygen atoms in total. The molecule has 14 heteroatoms. The van der Waals surface area contributed by atoms with Gasteiger partial charge in [0.25, 0.3) is 0 Å². The topological polar surface area (TPSA) is 116 Å². The fraction of sp³-hybridized carbons (Fsp3) is 0.425. The number of hydrogen-bond acceptors (Lipinski definition) is 9. The summed E-state index contributed by atoms with van der Waals surface area (Å²) in [7, 11) is 0. The summed E-state index contributed by atoms with van der Waals surface area (Å²) in [5, 5.41) is 10.5. The number of carbonyl (C=O) groups excluding carboxylic acids is 2. The van der Waals surface area contributed by atoms with E-state index in [1.165, 1.54) is 11.8 Å². The highest BCUT2D eigenvalue weighted by Crippen LogP contribution is 2.32. The van der Waals surface area contributed by atoms with Crippen LogP contribution in [0.2, 0.25) is 0 Å². The van der Waals surface area contributed by atoms with Crippen LogP contribution in [0.1, 0.15) is 62.6 Å². The average Bonchev–Trinajstić information content (AvgIpc) is 3.85. The Bertz CT molecular complexity index is 2170. The Kier molecular flexibility index (Phi) is 9.88. The van der Waals surface area contributed by atoms with Gasteiger partial charge in [0.15, 0.2) is 11.5 Å². The van der Waals surface area contributed by atoms with Gasteiger partial charge in [-0.3, -0.25) is 33.8 Å². The lowest BCUT2D eigenvalue weighted by molar-refractivity contribution is -0.134. The maximum absolute atomic E-state index is 14.8. The summed E-state index contributed by atoms with van der Waals surface area (Å²) >= 11 is 0. The van der Waals surface area contributed by atoms with E-state index in [4.69, 9.17) is 5.10 Å². The fourth-order valence-electron chi connectivity index (χ4n) is 8.31. The Morgan fingerprint density at radius 1 is 0.926 bits per heavy atom. The molecule has 3 saturated heterocycles. The second kappa shape index (κ2) is 14.9. The monoisotopic (exact) mass is 736 g/mol. The van der Waals surface area contributed by atoms with Crippen LogP contribution < -0.4 is 15.5 Å². The number of rotatable bonds is 9. The van der Waals surface area contributed by atoms with Crippen molar-refractivity contribution in [1.82, 2.24) is 39.3 Å². The SMILES string of the molecule is Cc1cc(-c2cnc(Nc3cnn([C@@H]4CCN(CCN5CCN(c6ccc(C7CCC(=O)NC7=O)cc6)C[C@H]5C)[C@H](C)C4)c3)c3nccn23)c(F)cc1F. The summed E-state index contributed by atoms with van der Waals surface area (Å²) in [5.41, 5.74) is 4.55. The number of nitrogens with one attached hydrogen (secondary N) is 2. The molecule has 3 fully saturated rings. The van der Waals surface area contributed by atoms with Gasteiger partial charge in [-0.2, -0.15) is 5.10 Å². The predicted octanol–water partition coefficient (Wildman–Crippen LogP) is 5.68. The highest BCUT2D eigenvalue weighted by atomic mass is 19.1. The van der Waals surface area contributed by atoms with Crippen LogP contribution >= 0.6 is 0 Å². The van der Waals surface area contributed by atoms with Gasteiger partial charge in [0.05, 0.1) is 35.7 Å². The Hall–Kier alpha value is -5.21. The standard InChI is InChI=1S/C40H46F2N10O2/c1-25-18-33(35(42)20-34(25)41)36-22-44-38(39-43-11-13-51(36)39)46-29-21-45-52(24-29)31-10-12-48(26(2)19-31)14-15-49-16-17-50(23-27(49)3)30-6-4-28(5-7-30)32-8-9-37(53)47-40(32)54/h4-7,11,13,18,20-22,24,26-27,31-32H,8-10,12,14-17,19,23H2,1-3H3,(H,44,46)(H,47,53,54)/t26-,27-,31-,32?/m1/s1. The maximum atomic E-state index is 14.8. The van der Waals surface area contributed by atoms with Crippen LogP contribution in [0.25, 0.3) is 16.9 Å². The molecule has 3 aliphatic rings. The van der Waals surface area contributed by atoms with Gasteiger partial charge in [0, 0.05) is 93.7 Å². The molecule has 0 bridgehead atoms. The zero-order valence-corrected chi connectivity index (χ0v) is 30.9. The number of likely N-dealkylation sites (tertiary alicyclic amines) is 1. The first kappa shape index (κ1) is 35.8. The number of piperazine rings is 1. The van der Waals surface area contributed by atoms with E-state index < -0.39 is 11.6 Å². The molecular formula is C40H46F2N10O2. The number of benzene rings is 2. The van der Waals surface area contributed by atoms with Crippen molar-refractivity contribution in [2.45, 2.75) is 70.5 Å². The van der Waals surface area contributed by atoms with Crippen LogP contribution in [-0.2, 0) is 9.59 Å². The van der Waals surface area contributed by atoms with E-state index in [-0.39, 0.29) is 29.3 Å². The second-order valence-electron chi connectivity index (χ2n) is 15.0. The summed E-state index contributed by atoms with van der Waals surface area (Å²) in [4.78, 5) is 40.5. The van der Waals surface area contributed by atoms with E-state index in [0.717, 1.165) is 69.4 Å². The first-order valence-electron chi connectivity index (χ1n) is 18.9. The van der Waals surface area contributed by atoms with Crippen LogP contribution in [0.3, 0.4) is 0 Å². The van der Waals surface area contributed by atoms with Gasteiger partial charge in [-0.1, -0.05) is 12.1 Å². The minimum absolute atomic E-state index is 0.187. The molecule has 8 rings (SSSR count). The quantitative estimate of drug-likeness (QED) is 0.185. The van der Waals surface area contributed by atoms with Crippen molar-refractivity contribution in [3.8, 4) is 11.3 Å². The number of hydrogen-bond donors (Lipinski definition) is 2. The molecule has 5 aromatic rings. The molecule has 2 amide bonds. The summed E-state index contributed by atoms with van der Waals surface area (Å²) in [6, 6.07) is 11.8. The van der Waals surface area contributed by atoms with Crippen LogP contribution in [-0.4, -0.2) is 97.1 Å². The molecule has 4 atom stereocenters. The number of imidazole rings is 1. The Morgan fingerprint density at radius 3 is 2.48 bits per heavy atom. The number of halogens is 2. The molecule has 3 aromatic heterocycles. The number of amides is 2. The zero-order chi connectivity index (χ0) is 37.5. The van der Waals surface area contributed by atoms with Crippen molar-refractivity contribution in [1.29, 1.82) is 0 Å². The number of imide groups is 1. The van der Waals surface area contributed by atoms with E-state index in [0.29, 0.717) is 47.6 Å². The number of fused-ring (bicyclic) bond motifs is 1. The molecule has 1 unspecified atom stereocenters. The van der Waals surface area contributed by atoms with Crippen LogP contribution in [0, 0.1) is 18.6 Å². The maximum Gasteiger partial charge on any atom is 0.234 e. The lowest BCUT2D eigenvalue weighted by Crippen LogP contribution is -2.54. The zero-order valence-electron chi connectivity index (χ0n) is 30.9. The Balaban J connectivity index is 0.828. The highest BCUT2D eigenvalue weighted by molar-refractivity contribution is 6.01. The minimum atomic E-state index is -0.654. The van der Waals surface area contributed by atoms with Gasteiger partial charge in [-0.15, -0.1) is 0 Å². The third-order valence-electron chi connectivity index (χ3n) is 11.5. The Labute approximate surface area is 313 Å². The molecule has 0 saturated carbocycles. The number of carbonyl (C=O) groups is 2. The fourth-order valence-corrected chi connectivity index (χ4v) is 8.31. The van der Waals surface area contributed by atoms with Crippen molar-refractivity contribution in [2.24, 2.45) is 0 Å². The van der Waals surface area contributed by atoms with Crippen LogP contribution in [0.15, 0.2) is 67.4 Å². The van der Waals surface area contributed by atoms with Gasteiger partial charge in [-0.25, -0.2) is 18.7 Å². The predicted molar refractivity (Wildman–Crippen MR) is 203 cm³/mol. The normalized spacial score (nSPS) is 22.9. The molecule has 0 radical (unpaired) electrons. The molecule has 2 aromatic carbocycles. The summed E-state index contributed by atoms with van der Waals surface area (Å²) < 4.78 is 32.5. The number of anilines is 3. The molecule has 54 heavy (non-hydrogen) atoms. The van der Waals surface area contributed by atoms with E-state index in [1.54, 1.807) is 36.1 Å². The van der Waals surface area contributed by atoms with Gasteiger partial charge >= 0.3 is 0 Å². The lowest BCUT2D eigenvalue weighted by atomic mass is 9.90. The first-order chi connectivity index (χ1) is 26.1. The first-order valence-corrected chi connectivity index (χ1v) is 18.9. The summed E-state index contributed by atoms with van der Waals surface area (Å²) in [5.74, 6) is -1.36. The molecule has 3 aliphatic heterocycles. The van der Waals surface area contributed by atoms with Crippen molar-refractivity contribution in [3.63, 3.8) is 0 Å². The van der Waals surface area contributed by atoms with Gasteiger partial charge in [0.2, 0.25) is 11.8 Å². The molecule has 282 valence electrons. The molecular weight excluding hydrogens is 691 g/mol. The number of aryl methyl sites for hydroxylation is 1. The van der Waals surface area contributed by atoms with Crippen molar-refractivity contribution in [2.75, 3.05) is 49.5 Å². The van der Waals surface area contributed by atoms with Gasteiger partial charge in [-0.05, 0) is 69.4 Å². The number of piperidine rings is 2. The smallest absolute Gasteiger partial charge is 0.234 e. The lowest BCUT2D eigenvalue weighted by Gasteiger charge is -2.43. The second-order valence-corrected chi connectivity index (χ2v) is 15.0. The summed E-state index contributed by atoms with van der Waals surface area (Å²) in [6.07, 6.45) is 11.7. The van der Waals surface area contributed by atoms with Crippen LogP contribution in [0.5, 0.6) is 0 Å². The molecule has 0 spiro atoms. The average molecular weight is 737 g/mol. The van der Waals surface area contributed by atoms with E-state index in [1.807, 2.05) is 23.0 Å². The third-order valence-corrected chi connectivity index (χ3v) is 11.5. The third kappa shape index (κ3) is 7.19. The van der Waals surface area contributed by atoms with Crippen molar-refractivity contribution >= 4 is 34.7 Å². The number of aromatic nitrogens is 5. The molecule has 0 aliphatic carbocycles. The Morgan fingerprint density at radius 2 is 1.72 bits per heavy atom. The molecule has 6 heterocycles.